The number of piperazine rings is 1. The Bertz CT molecular complexity index is 894. The summed E-state index contributed by atoms with van der Waals surface area (Å²) >= 11 is 0. The fourth-order valence-corrected chi connectivity index (χ4v) is 3.96. The molecule has 0 bridgehead atoms. The van der Waals surface area contributed by atoms with Gasteiger partial charge in [-0.05, 0) is 42.7 Å². The van der Waals surface area contributed by atoms with Crippen molar-refractivity contribution in [2.45, 2.75) is 31.8 Å². The molecule has 0 spiro atoms. The van der Waals surface area contributed by atoms with Crippen molar-refractivity contribution in [2.24, 2.45) is 0 Å². The van der Waals surface area contributed by atoms with Crippen LogP contribution in [0.15, 0.2) is 47.3 Å². The summed E-state index contributed by atoms with van der Waals surface area (Å²) in [4.78, 5) is 46.6. The number of nitrogens with zero attached hydrogens (tertiary/aromatic N) is 4. The Labute approximate surface area is 181 Å². The van der Waals surface area contributed by atoms with Crippen LogP contribution in [-0.2, 0) is 22.6 Å². The van der Waals surface area contributed by atoms with E-state index in [0.29, 0.717) is 25.3 Å². The molecular weight excluding hydrogens is 398 g/mol. The molecule has 0 aliphatic carbocycles. The van der Waals surface area contributed by atoms with Gasteiger partial charge in [-0.1, -0.05) is 0 Å². The maximum atomic E-state index is 12.6. The molecule has 2 fully saturated rings. The van der Waals surface area contributed by atoms with Crippen molar-refractivity contribution >= 4 is 17.8 Å². The quantitative estimate of drug-likeness (QED) is 0.640. The predicted molar refractivity (Wildman–Crippen MR) is 112 cm³/mol. The first-order valence-corrected chi connectivity index (χ1v) is 10.6. The van der Waals surface area contributed by atoms with Crippen LogP contribution >= 0.6 is 0 Å². The third-order valence-electron chi connectivity index (χ3n) is 5.84. The topological polar surface area (TPSA) is 99.0 Å². The van der Waals surface area contributed by atoms with Gasteiger partial charge in [-0.2, -0.15) is 0 Å². The van der Waals surface area contributed by atoms with E-state index in [1.807, 2.05) is 17.0 Å². The minimum Gasteiger partial charge on any atom is -0.467 e. The number of hydrogen-bond acceptors (Lipinski definition) is 6. The first kappa shape index (κ1) is 21.0. The number of aromatic nitrogens is 1. The Morgan fingerprint density at radius 3 is 2.61 bits per heavy atom. The molecule has 2 aromatic rings. The smallest absolute Gasteiger partial charge is 0.325 e. The number of amides is 4. The number of imide groups is 1. The van der Waals surface area contributed by atoms with Gasteiger partial charge in [-0.25, -0.2) is 4.79 Å². The predicted octanol–water partition coefficient (Wildman–Crippen LogP) is 1.26. The summed E-state index contributed by atoms with van der Waals surface area (Å²) in [5, 5.41) is 2.68. The molecule has 2 saturated heterocycles. The number of urea groups is 1. The van der Waals surface area contributed by atoms with Crippen LogP contribution in [-0.4, -0.2) is 76.3 Å². The van der Waals surface area contributed by atoms with Crippen molar-refractivity contribution in [1.29, 1.82) is 0 Å². The minimum absolute atomic E-state index is 0.0281. The van der Waals surface area contributed by atoms with Crippen molar-refractivity contribution in [1.82, 2.24) is 25.0 Å². The number of carbonyl (C=O) groups excluding carboxylic acids is 3. The van der Waals surface area contributed by atoms with Crippen molar-refractivity contribution in [3.63, 3.8) is 0 Å². The van der Waals surface area contributed by atoms with Gasteiger partial charge in [-0.3, -0.25) is 24.4 Å². The van der Waals surface area contributed by atoms with Crippen molar-refractivity contribution in [3.05, 3.63) is 54.2 Å². The second kappa shape index (κ2) is 9.74. The summed E-state index contributed by atoms with van der Waals surface area (Å²) in [6.45, 7) is 4.11. The number of rotatable bonds is 8. The van der Waals surface area contributed by atoms with Gasteiger partial charge < -0.3 is 14.6 Å². The highest BCUT2D eigenvalue weighted by molar-refractivity contribution is 6.04. The first-order chi connectivity index (χ1) is 15.1. The van der Waals surface area contributed by atoms with Gasteiger partial charge in [0.1, 0.15) is 11.8 Å². The molecule has 9 nitrogen and oxygen atoms in total. The van der Waals surface area contributed by atoms with Crippen molar-refractivity contribution in [2.75, 3.05) is 32.7 Å². The molecule has 1 atom stereocenters. The summed E-state index contributed by atoms with van der Waals surface area (Å²) in [6.07, 6.45) is 6.62. The monoisotopic (exact) mass is 425 g/mol. The van der Waals surface area contributed by atoms with Crippen LogP contribution in [0, 0.1) is 0 Å². The van der Waals surface area contributed by atoms with E-state index in [4.69, 9.17) is 4.42 Å². The zero-order chi connectivity index (χ0) is 21.6. The lowest BCUT2D eigenvalue weighted by atomic mass is 10.1. The van der Waals surface area contributed by atoms with E-state index in [2.05, 4.69) is 15.2 Å². The Hall–Kier alpha value is -3.20. The fourth-order valence-electron chi connectivity index (χ4n) is 3.96. The lowest BCUT2D eigenvalue weighted by Gasteiger charge is -2.35. The van der Waals surface area contributed by atoms with Gasteiger partial charge in [0, 0.05) is 51.5 Å². The van der Waals surface area contributed by atoms with Crippen molar-refractivity contribution < 1.29 is 18.8 Å². The molecule has 4 heterocycles. The standard InChI is InChI=1S/C22H27N5O4/c28-20(26-13-11-25(12-14-26)10-7-17-5-8-23-9-6-17)4-3-19-21(29)27(22(30)24-19)16-18-2-1-15-31-18/h1-2,5-6,8-9,15,19H,3-4,7,10-14,16H2,(H,24,30)/t19-/m1/s1. The van der Waals surface area contributed by atoms with Gasteiger partial charge >= 0.3 is 6.03 Å². The van der Waals surface area contributed by atoms with Crippen LogP contribution in [0.3, 0.4) is 0 Å². The summed E-state index contributed by atoms with van der Waals surface area (Å²) in [6, 6.07) is 6.38. The molecule has 2 aliphatic heterocycles. The Morgan fingerprint density at radius 1 is 1.13 bits per heavy atom. The number of pyridine rings is 1. The fraction of sp³-hybridized carbons (Fsp3) is 0.455. The summed E-state index contributed by atoms with van der Waals surface area (Å²) < 4.78 is 5.21. The van der Waals surface area contributed by atoms with Crippen LogP contribution in [0.2, 0.25) is 0 Å². The van der Waals surface area contributed by atoms with E-state index in [1.165, 1.54) is 11.8 Å². The summed E-state index contributed by atoms with van der Waals surface area (Å²) in [5.41, 5.74) is 1.26. The molecule has 2 aromatic heterocycles. The minimum atomic E-state index is -0.659. The first-order valence-electron chi connectivity index (χ1n) is 10.6. The van der Waals surface area contributed by atoms with Crippen LogP contribution < -0.4 is 5.32 Å². The average Bonchev–Trinajstić information content (AvgIpc) is 3.41. The molecule has 31 heavy (non-hydrogen) atoms. The normalized spacial score (nSPS) is 19.7. The molecule has 0 unspecified atom stereocenters. The number of furan rings is 1. The van der Waals surface area contributed by atoms with E-state index >= 15 is 0 Å². The average molecular weight is 425 g/mol. The second-order valence-electron chi connectivity index (χ2n) is 7.87. The van der Waals surface area contributed by atoms with Gasteiger partial charge in [0.2, 0.25) is 5.91 Å². The summed E-state index contributed by atoms with van der Waals surface area (Å²) in [7, 11) is 0. The number of carbonyl (C=O) groups is 3. The Morgan fingerprint density at radius 2 is 1.90 bits per heavy atom. The zero-order valence-electron chi connectivity index (χ0n) is 17.4. The van der Waals surface area contributed by atoms with Gasteiger partial charge in [0.05, 0.1) is 12.8 Å². The van der Waals surface area contributed by atoms with Crippen LogP contribution in [0.4, 0.5) is 4.79 Å². The van der Waals surface area contributed by atoms with Gasteiger partial charge in [0.15, 0.2) is 0 Å². The maximum Gasteiger partial charge on any atom is 0.325 e. The van der Waals surface area contributed by atoms with Gasteiger partial charge in [0.25, 0.3) is 5.91 Å². The lowest BCUT2D eigenvalue weighted by Crippen LogP contribution is -2.49. The Balaban J connectivity index is 1.18. The third-order valence-corrected chi connectivity index (χ3v) is 5.84. The molecule has 4 amide bonds. The highest BCUT2D eigenvalue weighted by Gasteiger charge is 2.38. The summed E-state index contributed by atoms with van der Waals surface area (Å²) in [5.74, 6) is 0.262. The molecule has 0 aromatic carbocycles. The molecule has 0 saturated carbocycles. The highest BCUT2D eigenvalue weighted by atomic mass is 16.3. The Kier molecular flexibility index (Phi) is 6.61. The molecule has 1 N–H and O–H groups in total. The van der Waals surface area contributed by atoms with Crippen LogP contribution in [0.25, 0.3) is 0 Å². The molecule has 9 heteroatoms. The molecule has 0 radical (unpaired) electrons. The zero-order valence-corrected chi connectivity index (χ0v) is 17.4. The molecule has 2 aliphatic rings. The molecule has 164 valence electrons. The lowest BCUT2D eigenvalue weighted by molar-refractivity contribution is -0.133. The molecule has 4 rings (SSSR count). The molecular formula is C22H27N5O4. The largest absolute Gasteiger partial charge is 0.467 e. The van der Waals surface area contributed by atoms with E-state index < -0.39 is 12.1 Å². The SMILES string of the molecule is O=C(CC[C@H]1NC(=O)N(Cc2ccco2)C1=O)N1CCN(CCc2ccncc2)CC1. The number of hydrogen-bond donors (Lipinski definition) is 1. The van der Waals surface area contributed by atoms with Crippen LogP contribution in [0.1, 0.15) is 24.2 Å². The van der Waals surface area contributed by atoms with E-state index in [9.17, 15) is 14.4 Å². The van der Waals surface area contributed by atoms with Gasteiger partial charge in [-0.15, -0.1) is 0 Å². The van der Waals surface area contributed by atoms with Crippen LogP contribution in [0.5, 0.6) is 0 Å². The third kappa shape index (κ3) is 5.29. The maximum absolute atomic E-state index is 12.6. The van der Waals surface area contributed by atoms with E-state index in [-0.39, 0.29) is 24.8 Å². The number of nitrogens with one attached hydrogen (secondary N) is 1. The second-order valence-corrected chi connectivity index (χ2v) is 7.87. The van der Waals surface area contributed by atoms with E-state index in [1.54, 1.807) is 24.5 Å². The van der Waals surface area contributed by atoms with Crippen molar-refractivity contribution in [3.8, 4) is 0 Å². The van der Waals surface area contributed by atoms with E-state index in [0.717, 1.165) is 31.0 Å². The highest BCUT2D eigenvalue weighted by Crippen LogP contribution is 2.16.